The summed E-state index contributed by atoms with van der Waals surface area (Å²) in [6.45, 7) is 1.80. The van der Waals surface area contributed by atoms with Gasteiger partial charge in [0.1, 0.15) is 11.6 Å². The van der Waals surface area contributed by atoms with Crippen molar-refractivity contribution in [2.45, 2.75) is 6.92 Å². The van der Waals surface area contributed by atoms with Gasteiger partial charge in [0, 0.05) is 12.6 Å². The minimum absolute atomic E-state index is 0.117. The maximum Gasteiger partial charge on any atom is 0.319 e. The van der Waals surface area contributed by atoms with Gasteiger partial charge in [0.2, 0.25) is 0 Å². The molecule has 4 nitrogen and oxygen atoms in total. The van der Waals surface area contributed by atoms with Gasteiger partial charge in [-0.05, 0) is 19.1 Å². The lowest BCUT2D eigenvalue weighted by molar-refractivity contribution is 0.251. The van der Waals surface area contributed by atoms with Crippen molar-refractivity contribution in [3.8, 4) is 6.07 Å². The highest BCUT2D eigenvalue weighted by Gasteiger charge is 2.08. The molecule has 17 heavy (non-hydrogen) atoms. The van der Waals surface area contributed by atoms with Gasteiger partial charge in [-0.3, -0.25) is 0 Å². The molecule has 0 aromatic heterocycles. The Labute approximate surface area is 97.2 Å². The van der Waals surface area contributed by atoms with Gasteiger partial charge in [0.05, 0.1) is 17.7 Å². The van der Waals surface area contributed by atoms with Crippen LogP contribution in [0.2, 0.25) is 0 Å². The largest absolute Gasteiger partial charge is 0.337 e. The molecule has 0 heterocycles. The zero-order chi connectivity index (χ0) is 12.8. The molecule has 0 radical (unpaired) electrons. The summed E-state index contributed by atoms with van der Waals surface area (Å²) >= 11 is 0. The molecule has 0 fully saturated rings. The second-order valence-electron chi connectivity index (χ2n) is 3.49. The molecule has 1 aromatic rings. The highest BCUT2D eigenvalue weighted by Crippen LogP contribution is 2.14. The third-order valence-electron chi connectivity index (χ3n) is 1.97. The molecule has 0 bridgehead atoms. The Balaban J connectivity index is 2.54. The average molecular weight is 239 g/mol. The molecule has 0 aliphatic carbocycles. The second kappa shape index (κ2) is 5.80. The highest BCUT2D eigenvalue weighted by molar-refractivity contribution is 5.89. The molecule has 2 N–H and O–H groups in total. The summed E-state index contributed by atoms with van der Waals surface area (Å²) < 4.78 is 25.7. The molecule has 0 saturated heterocycles. The molecular weight excluding hydrogens is 228 g/mol. The number of nitrogens with zero attached hydrogens (tertiary/aromatic N) is 1. The summed E-state index contributed by atoms with van der Waals surface area (Å²) in [5.41, 5.74) is -0.117. The van der Waals surface area contributed by atoms with E-state index >= 15 is 0 Å². The van der Waals surface area contributed by atoms with E-state index in [-0.39, 0.29) is 18.2 Å². The Bertz CT molecular complexity index is 457. The smallest absolute Gasteiger partial charge is 0.319 e. The summed E-state index contributed by atoms with van der Waals surface area (Å²) in [7, 11) is 0. The zero-order valence-electron chi connectivity index (χ0n) is 9.13. The van der Waals surface area contributed by atoms with Crippen LogP contribution in [0.1, 0.15) is 6.92 Å². The van der Waals surface area contributed by atoms with Crippen LogP contribution in [0.3, 0.4) is 0 Å². The lowest BCUT2D eigenvalue weighted by Gasteiger charge is -2.08. The van der Waals surface area contributed by atoms with Crippen molar-refractivity contribution in [1.29, 1.82) is 5.26 Å². The maximum absolute atomic E-state index is 13.1. The molecule has 1 atom stereocenters. The van der Waals surface area contributed by atoms with Gasteiger partial charge in [0.15, 0.2) is 0 Å². The van der Waals surface area contributed by atoms with Crippen LogP contribution in [0.25, 0.3) is 0 Å². The number of nitriles is 1. The van der Waals surface area contributed by atoms with Crippen molar-refractivity contribution in [3.63, 3.8) is 0 Å². The van der Waals surface area contributed by atoms with E-state index < -0.39 is 17.7 Å². The van der Waals surface area contributed by atoms with E-state index in [1.54, 1.807) is 6.92 Å². The van der Waals surface area contributed by atoms with E-state index in [0.29, 0.717) is 6.07 Å². The molecule has 1 rings (SSSR count). The minimum Gasteiger partial charge on any atom is -0.337 e. The van der Waals surface area contributed by atoms with Crippen molar-refractivity contribution in [3.05, 3.63) is 29.8 Å². The number of rotatable bonds is 3. The first-order valence-corrected chi connectivity index (χ1v) is 4.92. The lowest BCUT2D eigenvalue weighted by atomic mass is 10.2. The SMILES string of the molecule is CC(C#N)CNC(=O)Nc1ccc(F)cc1F. The van der Waals surface area contributed by atoms with E-state index in [1.807, 2.05) is 6.07 Å². The first kappa shape index (κ1) is 12.9. The van der Waals surface area contributed by atoms with Gasteiger partial charge >= 0.3 is 6.03 Å². The number of urea groups is 1. The summed E-state index contributed by atoms with van der Waals surface area (Å²) in [4.78, 5) is 11.3. The first-order valence-electron chi connectivity index (χ1n) is 4.92. The molecule has 0 saturated carbocycles. The monoisotopic (exact) mass is 239 g/mol. The molecule has 1 aromatic carbocycles. The summed E-state index contributed by atoms with van der Waals surface area (Å²) in [6, 6.07) is 4.13. The molecule has 2 amide bonds. The van der Waals surface area contributed by atoms with Crippen LogP contribution >= 0.6 is 0 Å². The number of amides is 2. The average Bonchev–Trinajstić information content (AvgIpc) is 2.29. The molecule has 0 aliphatic heterocycles. The van der Waals surface area contributed by atoms with Crippen molar-refractivity contribution in [2.75, 3.05) is 11.9 Å². The van der Waals surface area contributed by atoms with Crippen LogP contribution < -0.4 is 10.6 Å². The third kappa shape index (κ3) is 4.07. The number of hydrogen-bond donors (Lipinski definition) is 2. The van der Waals surface area contributed by atoms with Crippen LogP contribution in [-0.2, 0) is 0 Å². The number of carbonyl (C=O) groups excluding carboxylic acids is 1. The van der Waals surface area contributed by atoms with Crippen molar-refractivity contribution >= 4 is 11.7 Å². The van der Waals surface area contributed by atoms with Gasteiger partial charge < -0.3 is 10.6 Å². The maximum atomic E-state index is 13.1. The number of anilines is 1. The van der Waals surface area contributed by atoms with Gasteiger partial charge in [-0.2, -0.15) is 5.26 Å². The Morgan fingerprint density at radius 2 is 2.24 bits per heavy atom. The van der Waals surface area contributed by atoms with E-state index in [2.05, 4.69) is 10.6 Å². The molecule has 6 heteroatoms. The Morgan fingerprint density at radius 1 is 1.53 bits per heavy atom. The highest BCUT2D eigenvalue weighted by atomic mass is 19.1. The molecular formula is C11H11F2N3O. The number of carbonyl (C=O) groups is 1. The molecule has 90 valence electrons. The number of hydrogen-bond acceptors (Lipinski definition) is 2. The molecule has 0 spiro atoms. The first-order chi connectivity index (χ1) is 8.02. The van der Waals surface area contributed by atoms with Gasteiger partial charge in [-0.1, -0.05) is 0 Å². The summed E-state index contributed by atoms with van der Waals surface area (Å²) in [5.74, 6) is -1.90. The standard InChI is InChI=1S/C11H11F2N3O/c1-7(5-14)6-15-11(17)16-10-3-2-8(12)4-9(10)13/h2-4,7H,6H2,1H3,(H2,15,16,17). The Morgan fingerprint density at radius 3 is 2.82 bits per heavy atom. The molecule has 1 unspecified atom stereocenters. The number of nitrogens with one attached hydrogen (secondary N) is 2. The fourth-order valence-electron chi connectivity index (χ4n) is 1.05. The van der Waals surface area contributed by atoms with Crippen LogP contribution in [-0.4, -0.2) is 12.6 Å². The van der Waals surface area contributed by atoms with E-state index in [1.165, 1.54) is 0 Å². The van der Waals surface area contributed by atoms with E-state index in [4.69, 9.17) is 5.26 Å². The van der Waals surface area contributed by atoms with E-state index in [9.17, 15) is 13.6 Å². The fraction of sp³-hybridized carbons (Fsp3) is 0.273. The number of halogens is 2. The third-order valence-corrected chi connectivity index (χ3v) is 1.97. The van der Waals surface area contributed by atoms with E-state index in [0.717, 1.165) is 12.1 Å². The van der Waals surface area contributed by atoms with Crippen LogP contribution in [0.5, 0.6) is 0 Å². The minimum atomic E-state index is -0.853. The quantitative estimate of drug-likeness (QED) is 0.849. The Hall–Kier alpha value is -2.16. The summed E-state index contributed by atoms with van der Waals surface area (Å²) in [5, 5.41) is 13.1. The summed E-state index contributed by atoms with van der Waals surface area (Å²) in [6.07, 6.45) is 0. The predicted octanol–water partition coefficient (Wildman–Crippen LogP) is 2.25. The predicted molar refractivity (Wildman–Crippen MR) is 58.2 cm³/mol. The van der Waals surface area contributed by atoms with Gasteiger partial charge in [-0.25, -0.2) is 13.6 Å². The number of benzene rings is 1. The van der Waals surface area contributed by atoms with Crippen molar-refractivity contribution in [2.24, 2.45) is 5.92 Å². The van der Waals surface area contributed by atoms with Crippen LogP contribution in [0, 0.1) is 28.9 Å². The molecule has 0 aliphatic rings. The van der Waals surface area contributed by atoms with Gasteiger partial charge in [-0.15, -0.1) is 0 Å². The van der Waals surface area contributed by atoms with Crippen molar-refractivity contribution < 1.29 is 13.6 Å². The fourth-order valence-corrected chi connectivity index (χ4v) is 1.05. The van der Waals surface area contributed by atoms with Crippen LogP contribution in [0.15, 0.2) is 18.2 Å². The second-order valence-corrected chi connectivity index (χ2v) is 3.49. The zero-order valence-corrected chi connectivity index (χ0v) is 9.13. The van der Waals surface area contributed by atoms with Crippen molar-refractivity contribution in [1.82, 2.24) is 5.32 Å². The van der Waals surface area contributed by atoms with Gasteiger partial charge in [0.25, 0.3) is 0 Å². The Kier molecular flexibility index (Phi) is 4.40. The lowest BCUT2D eigenvalue weighted by Crippen LogP contribution is -2.32. The van der Waals surface area contributed by atoms with Crippen LogP contribution in [0.4, 0.5) is 19.3 Å². The topological polar surface area (TPSA) is 64.9 Å². The normalized spacial score (nSPS) is 11.4.